The lowest BCUT2D eigenvalue weighted by Gasteiger charge is -2.37. The van der Waals surface area contributed by atoms with Crippen LogP contribution in [0.15, 0.2) is 60.9 Å². The largest absolute Gasteiger partial charge is 0.368 e. The van der Waals surface area contributed by atoms with E-state index in [1.54, 1.807) is 0 Å². The quantitative estimate of drug-likeness (QED) is 0.646. The van der Waals surface area contributed by atoms with Gasteiger partial charge in [-0.3, -0.25) is 4.98 Å². The summed E-state index contributed by atoms with van der Waals surface area (Å²) in [6.07, 6.45) is 4.62. The second-order valence-corrected chi connectivity index (χ2v) is 7.50. The highest BCUT2D eigenvalue weighted by Gasteiger charge is 2.19. The average molecular weight is 389 g/mol. The van der Waals surface area contributed by atoms with Crippen LogP contribution in [-0.2, 0) is 6.42 Å². The molecule has 1 aliphatic heterocycles. The van der Waals surface area contributed by atoms with Gasteiger partial charge in [-0.1, -0.05) is 18.2 Å². The number of rotatable bonds is 6. The molecular formula is C23H28N6. The maximum atomic E-state index is 4.88. The number of para-hydroxylation sites is 1. The summed E-state index contributed by atoms with van der Waals surface area (Å²) in [6.45, 7) is 6.85. The second-order valence-electron chi connectivity index (χ2n) is 7.50. The van der Waals surface area contributed by atoms with Gasteiger partial charge >= 0.3 is 0 Å². The van der Waals surface area contributed by atoms with Gasteiger partial charge in [-0.15, -0.1) is 0 Å². The zero-order valence-corrected chi connectivity index (χ0v) is 17.2. The highest BCUT2D eigenvalue weighted by atomic mass is 15.3. The highest BCUT2D eigenvalue weighted by Crippen LogP contribution is 2.21. The summed E-state index contributed by atoms with van der Waals surface area (Å²) in [5.74, 6) is 1.82. The molecule has 0 unspecified atom stereocenters. The lowest BCUT2D eigenvalue weighted by Crippen LogP contribution is -2.47. The molecule has 0 N–H and O–H groups in total. The fourth-order valence-electron chi connectivity index (χ4n) is 3.65. The van der Waals surface area contributed by atoms with Crippen molar-refractivity contribution < 1.29 is 0 Å². The van der Waals surface area contributed by atoms with Crippen molar-refractivity contribution in [2.24, 2.45) is 0 Å². The van der Waals surface area contributed by atoms with Crippen molar-refractivity contribution in [3.05, 3.63) is 72.2 Å². The minimum atomic E-state index is 0.791. The van der Waals surface area contributed by atoms with Crippen molar-refractivity contribution in [1.82, 2.24) is 15.0 Å². The zero-order chi connectivity index (χ0) is 20.1. The fraction of sp³-hybridized carbons (Fsp3) is 0.348. The number of benzene rings is 1. The first-order valence-corrected chi connectivity index (χ1v) is 10.2. The van der Waals surface area contributed by atoms with E-state index in [2.05, 4.69) is 80.2 Å². The van der Waals surface area contributed by atoms with Crippen LogP contribution in [0.4, 0.5) is 17.5 Å². The molecule has 6 nitrogen and oxygen atoms in total. The van der Waals surface area contributed by atoms with Crippen molar-refractivity contribution in [2.45, 2.75) is 13.3 Å². The number of likely N-dealkylation sites (N-methyl/N-ethyl adjacent to an activating group) is 1. The standard InChI is InChI=1S/C23H28N6/c1-19-18-22(29-16-14-28(15-17-29)21-6-4-3-5-7-21)26-23(25-19)27(2)13-10-20-8-11-24-12-9-20/h3-9,11-12,18H,10,13-17H2,1-2H3. The smallest absolute Gasteiger partial charge is 0.227 e. The van der Waals surface area contributed by atoms with E-state index < -0.39 is 0 Å². The molecule has 29 heavy (non-hydrogen) atoms. The highest BCUT2D eigenvalue weighted by molar-refractivity contribution is 5.51. The molecule has 0 atom stereocenters. The molecule has 4 rings (SSSR count). The molecule has 1 aromatic carbocycles. The molecule has 3 heterocycles. The molecule has 0 radical (unpaired) electrons. The summed E-state index contributed by atoms with van der Waals surface area (Å²) in [6, 6.07) is 16.8. The zero-order valence-electron chi connectivity index (χ0n) is 17.2. The van der Waals surface area contributed by atoms with Gasteiger partial charge in [-0.25, -0.2) is 4.98 Å². The third kappa shape index (κ3) is 4.83. The van der Waals surface area contributed by atoms with Crippen LogP contribution in [-0.4, -0.2) is 54.7 Å². The molecule has 3 aromatic rings. The van der Waals surface area contributed by atoms with Gasteiger partial charge in [0, 0.05) is 69.6 Å². The lowest BCUT2D eigenvalue weighted by molar-refractivity contribution is 0.645. The number of hydrogen-bond donors (Lipinski definition) is 0. The summed E-state index contributed by atoms with van der Waals surface area (Å²) >= 11 is 0. The third-order valence-electron chi connectivity index (χ3n) is 5.38. The van der Waals surface area contributed by atoms with Crippen molar-refractivity contribution in [2.75, 3.05) is 54.5 Å². The summed E-state index contributed by atoms with van der Waals surface area (Å²) in [7, 11) is 2.06. The predicted molar refractivity (Wildman–Crippen MR) is 119 cm³/mol. The van der Waals surface area contributed by atoms with E-state index in [1.807, 2.05) is 19.3 Å². The van der Waals surface area contributed by atoms with Crippen LogP contribution < -0.4 is 14.7 Å². The summed E-state index contributed by atoms with van der Waals surface area (Å²) in [5.41, 5.74) is 3.57. The topological polar surface area (TPSA) is 48.4 Å². The number of anilines is 3. The van der Waals surface area contributed by atoms with Gasteiger partial charge in [0.2, 0.25) is 5.95 Å². The predicted octanol–water partition coefficient (Wildman–Crippen LogP) is 3.19. The Morgan fingerprint density at radius 3 is 2.31 bits per heavy atom. The molecular weight excluding hydrogens is 360 g/mol. The maximum Gasteiger partial charge on any atom is 0.227 e. The van der Waals surface area contributed by atoms with Crippen molar-refractivity contribution in [1.29, 1.82) is 0 Å². The number of aryl methyl sites for hydroxylation is 1. The summed E-state index contributed by atoms with van der Waals surface area (Å²) in [5, 5.41) is 0. The Balaban J connectivity index is 1.40. The minimum absolute atomic E-state index is 0.791. The van der Waals surface area contributed by atoms with Crippen LogP contribution in [0.25, 0.3) is 0 Å². The number of hydrogen-bond acceptors (Lipinski definition) is 6. The molecule has 2 aromatic heterocycles. The Bertz CT molecular complexity index is 907. The van der Waals surface area contributed by atoms with Crippen LogP contribution in [0.3, 0.4) is 0 Å². The van der Waals surface area contributed by atoms with E-state index in [0.29, 0.717) is 0 Å². The minimum Gasteiger partial charge on any atom is -0.368 e. The number of nitrogens with zero attached hydrogens (tertiary/aromatic N) is 6. The van der Waals surface area contributed by atoms with Crippen LogP contribution in [0.5, 0.6) is 0 Å². The molecule has 1 aliphatic rings. The second kappa shape index (κ2) is 8.90. The van der Waals surface area contributed by atoms with Crippen molar-refractivity contribution >= 4 is 17.5 Å². The average Bonchev–Trinajstić information content (AvgIpc) is 2.78. The molecule has 0 spiro atoms. The monoisotopic (exact) mass is 388 g/mol. The summed E-state index contributed by atoms with van der Waals surface area (Å²) in [4.78, 5) is 20.6. The maximum absolute atomic E-state index is 4.88. The number of pyridine rings is 1. The molecule has 6 heteroatoms. The van der Waals surface area contributed by atoms with E-state index in [9.17, 15) is 0 Å². The molecule has 0 saturated carbocycles. The van der Waals surface area contributed by atoms with E-state index in [-0.39, 0.29) is 0 Å². The first kappa shape index (κ1) is 19.2. The van der Waals surface area contributed by atoms with Crippen LogP contribution in [0, 0.1) is 6.92 Å². The van der Waals surface area contributed by atoms with E-state index in [0.717, 1.165) is 56.6 Å². The van der Waals surface area contributed by atoms with Crippen LogP contribution in [0.2, 0.25) is 0 Å². The van der Waals surface area contributed by atoms with Crippen LogP contribution in [0.1, 0.15) is 11.3 Å². The van der Waals surface area contributed by atoms with Gasteiger partial charge in [0.05, 0.1) is 0 Å². The SMILES string of the molecule is Cc1cc(N2CCN(c3ccccc3)CC2)nc(N(C)CCc2ccncc2)n1. The van der Waals surface area contributed by atoms with Gasteiger partial charge in [0.15, 0.2) is 0 Å². The molecule has 0 aliphatic carbocycles. The molecule has 150 valence electrons. The van der Waals surface area contributed by atoms with Gasteiger partial charge in [0.1, 0.15) is 5.82 Å². The normalized spacial score (nSPS) is 14.1. The lowest BCUT2D eigenvalue weighted by atomic mass is 10.2. The van der Waals surface area contributed by atoms with Gasteiger partial charge in [0.25, 0.3) is 0 Å². The number of aromatic nitrogens is 3. The molecule has 1 saturated heterocycles. The Morgan fingerprint density at radius 2 is 1.59 bits per heavy atom. The van der Waals surface area contributed by atoms with Gasteiger partial charge in [-0.05, 0) is 43.2 Å². The first-order valence-electron chi connectivity index (χ1n) is 10.2. The molecule has 0 bridgehead atoms. The Labute approximate surface area is 172 Å². The Kier molecular flexibility index (Phi) is 5.89. The Morgan fingerprint density at radius 1 is 0.897 bits per heavy atom. The Hall–Kier alpha value is -3.15. The first-order chi connectivity index (χ1) is 14.2. The molecule has 1 fully saturated rings. The summed E-state index contributed by atoms with van der Waals surface area (Å²) < 4.78 is 0. The third-order valence-corrected chi connectivity index (χ3v) is 5.38. The number of piperazine rings is 1. The van der Waals surface area contributed by atoms with Crippen LogP contribution >= 0.6 is 0 Å². The van der Waals surface area contributed by atoms with E-state index in [1.165, 1.54) is 11.3 Å². The van der Waals surface area contributed by atoms with Gasteiger partial charge in [-0.2, -0.15) is 4.98 Å². The van der Waals surface area contributed by atoms with E-state index >= 15 is 0 Å². The fourth-order valence-corrected chi connectivity index (χ4v) is 3.65. The molecule has 0 amide bonds. The van der Waals surface area contributed by atoms with Gasteiger partial charge < -0.3 is 14.7 Å². The van der Waals surface area contributed by atoms with Crippen molar-refractivity contribution in [3.63, 3.8) is 0 Å². The van der Waals surface area contributed by atoms with Crippen molar-refractivity contribution in [3.8, 4) is 0 Å². The van der Waals surface area contributed by atoms with E-state index in [4.69, 9.17) is 4.98 Å².